The lowest BCUT2D eigenvalue weighted by atomic mass is 10.0. The minimum Gasteiger partial charge on any atom is -0.135 e. The normalized spacial score (nSPS) is 11.8. The van der Waals surface area contributed by atoms with Crippen LogP contribution in [0.25, 0.3) is 31.3 Å². The van der Waals surface area contributed by atoms with Crippen molar-refractivity contribution in [2.75, 3.05) is 0 Å². The molecule has 0 radical (unpaired) electrons. The highest BCUT2D eigenvalue weighted by atomic mass is 32.1. The number of allylic oxidation sites excluding steroid dienone is 7. The van der Waals surface area contributed by atoms with Crippen molar-refractivity contribution in [1.29, 1.82) is 0 Å². The molecule has 36 heavy (non-hydrogen) atoms. The molecular weight excluding hydrogens is 452 g/mol. The lowest BCUT2D eigenvalue weighted by molar-refractivity contribution is 0.887. The van der Waals surface area contributed by atoms with E-state index in [9.17, 15) is 0 Å². The van der Waals surface area contributed by atoms with Gasteiger partial charge in [-0.05, 0) is 50.8 Å². The molecule has 1 aliphatic rings. The highest BCUT2D eigenvalue weighted by molar-refractivity contribution is 7.26. The lowest BCUT2D eigenvalue weighted by Gasteiger charge is -2.04. The van der Waals surface area contributed by atoms with Crippen LogP contribution >= 0.6 is 11.3 Å². The average molecular weight is 495 g/mol. The SMILES string of the molecule is C=C(C)/C=C\C.CC.CCCC1=CC=CC1.Cc1ccc(-c2cccc3c2sc2ccccc23)cc1. The molecule has 0 saturated carbocycles. The highest BCUT2D eigenvalue weighted by Gasteiger charge is 2.09. The zero-order valence-corrected chi connectivity index (χ0v) is 23.8. The highest BCUT2D eigenvalue weighted by Crippen LogP contribution is 2.39. The third kappa shape index (κ3) is 8.50. The first-order valence-corrected chi connectivity index (χ1v) is 13.9. The van der Waals surface area contributed by atoms with Crippen LogP contribution in [-0.2, 0) is 0 Å². The fraction of sp³-hybridized carbons (Fsp3) is 0.257. The van der Waals surface area contributed by atoms with Gasteiger partial charge in [0.15, 0.2) is 0 Å². The second kappa shape index (κ2) is 15.8. The molecular formula is C35H42S. The van der Waals surface area contributed by atoms with Gasteiger partial charge in [-0.25, -0.2) is 0 Å². The van der Waals surface area contributed by atoms with Crippen LogP contribution in [0.3, 0.4) is 0 Å². The molecule has 0 N–H and O–H groups in total. The molecule has 1 heteroatoms. The van der Waals surface area contributed by atoms with Crippen LogP contribution in [0.5, 0.6) is 0 Å². The summed E-state index contributed by atoms with van der Waals surface area (Å²) in [6.45, 7) is 16.0. The Morgan fingerprint density at radius 2 is 1.64 bits per heavy atom. The molecule has 0 amide bonds. The van der Waals surface area contributed by atoms with Crippen molar-refractivity contribution >= 4 is 31.5 Å². The molecule has 0 fully saturated rings. The molecule has 1 aliphatic carbocycles. The van der Waals surface area contributed by atoms with E-state index in [1.165, 1.54) is 56.1 Å². The van der Waals surface area contributed by atoms with Crippen LogP contribution in [0, 0.1) is 6.92 Å². The molecule has 188 valence electrons. The van der Waals surface area contributed by atoms with Crippen molar-refractivity contribution in [2.45, 2.75) is 60.8 Å². The molecule has 0 nitrogen and oxygen atoms in total. The third-order valence-electron chi connectivity index (χ3n) is 5.64. The molecule has 5 rings (SSSR count). The van der Waals surface area contributed by atoms with Crippen LogP contribution in [0.1, 0.15) is 59.4 Å². The van der Waals surface area contributed by atoms with E-state index in [0.717, 1.165) is 5.57 Å². The van der Waals surface area contributed by atoms with Gasteiger partial charge in [-0.15, -0.1) is 11.3 Å². The Hall–Kier alpha value is -3.16. The van der Waals surface area contributed by atoms with Gasteiger partial charge in [0.05, 0.1) is 0 Å². The molecule has 0 atom stereocenters. The molecule has 0 unspecified atom stereocenters. The van der Waals surface area contributed by atoms with Crippen LogP contribution in [0.4, 0.5) is 0 Å². The van der Waals surface area contributed by atoms with Crippen molar-refractivity contribution in [1.82, 2.24) is 0 Å². The Bertz CT molecular complexity index is 1310. The van der Waals surface area contributed by atoms with E-state index in [1.807, 2.05) is 51.2 Å². The van der Waals surface area contributed by atoms with Crippen molar-refractivity contribution in [3.63, 3.8) is 0 Å². The summed E-state index contributed by atoms with van der Waals surface area (Å²) in [5, 5.41) is 2.73. The van der Waals surface area contributed by atoms with E-state index < -0.39 is 0 Å². The summed E-state index contributed by atoms with van der Waals surface area (Å²) in [4.78, 5) is 0. The van der Waals surface area contributed by atoms with E-state index in [2.05, 4.69) is 105 Å². The molecule has 0 spiro atoms. The smallest absolute Gasteiger partial charge is 0.0433 e. The predicted molar refractivity (Wildman–Crippen MR) is 167 cm³/mol. The largest absolute Gasteiger partial charge is 0.135 e. The Morgan fingerprint density at radius 1 is 0.944 bits per heavy atom. The zero-order valence-electron chi connectivity index (χ0n) is 23.0. The molecule has 1 heterocycles. The second-order valence-electron chi connectivity index (χ2n) is 8.70. The van der Waals surface area contributed by atoms with Gasteiger partial charge >= 0.3 is 0 Å². The Morgan fingerprint density at radius 3 is 2.22 bits per heavy atom. The summed E-state index contributed by atoms with van der Waals surface area (Å²) in [5.74, 6) is 0. The Kier molecular flexibility index (Phi) is 12.7. The second-order valence-corrected chi connectivity index (χ2v) is 9.75. The monoisotopic (exact) mass is 494 g/mol. The van der Waals surface area contributed by atoms with Gasteiger partial charge < -0.3 is 0 Å². The van der Waals surface area contributed by atoms with Crippen molar-refractivity contribution < 1.29 is 0 Å². The third-order valence-corrected chi connectivity index (χ3v) is 6.86. The topological polar surface area (TPSA) is 0 Å². The maximum absolute atomic E-state index is 3.66. The summed E-state index contributed by atoms with van der Waals surface area (Å²) >= 11 is 1.89. The molecule has 4 aromatic rings. The standard InChI is InChI=1S/C19H14S.C8H12.C6H10.C2H6/c1-13-9-11-14(12-10-13)15-6-4-7-17-16-5-2-3-8-18(16)20-19(15)17;1-2-5-8-6-3-4-7-8;1-4-5-6(2)3;1-2/h2-12H,1H3;3-4,6H,2,5,7H2,1H3;4-5H,2H2,1,3H3;1-2H3/b;;5-4-;. The summed E-state index contributed by atoms with van der Waals surface area (Å²) < 4.78 is 2.75. The maximum Gasteiger partial charge on any atom is 0.0433 e. The summed E-state index contributed by atoms with van der Waals surface area (Å²) in [5.41, 5.74) is 6.64. The lowest BCUT2D eigenvalue weighted by Crippen LogP contribution is -1.78. The van der Waals surface area contributed by atoms with Gasteiger partial charge in [0.1, 0.15) is 0 Å². The van der Waals surface area contributed by atoms with E-state index in [4.69, 9.17) is 0 Å². The maximum atomic E-state index is 3.66. The predicted octanol–water partition coefficient (Wildman–Crippen LogP) is 11.9. The number of hydrogen-bond donors (Lipinski definition) is 0. The van der Waals surface area contributed by atoms with Gasteiger partial charge in [-0.2, -0.15) is 0 Å². The fourth-order valence-corrected chi connectivity index (χ4v) is 5.23. The molecule has 0 saturated heterocycles. The van der Waals surface area contributed by atoms with Gasteiger partial charge in [0.25, 0.3) is 0 Å². The average Bonchev–Trinajstić information content (AvgIpc) is 3.54. The minimum atomic E-state index is 1.11. The molecule has 1 aromatic heterocycles. The number of hydrogen-bond acceptors (Lipinski definition) is 1. The Labute approximate surface area is 223 Å². The fourth-order valence-electron chi connectivity index (χ4n) is 3.99. The van der Waals surface area contributed by atoms with Crippen LogP contribution < -0.4 is 0 Å². The first-order chi connectivity index (χ1) is 17.5. The number of rotatable bonds is 4. The van der Waals surface area contributed by atoms with Gasteiger partial charge in [0, 0.05) is 20.2 Å². The molecule has 0 aliphatic heterocycles. The van der Waals surface area contributed by atoms with Crippen LogP contribution in [-0.4, -0.2) is 0 Å². The van der Waals surface area contributed by atoms with Crippen molar-refractivity contribution in [3.05, 3.63) is 120 Å². The van der Waals surface area contributed by atoms with Gasteiger partial charge in [0.2, 0.25) is 0 Å². The van der Waals surface area contributed by atoms with Gasteiger partial charge in [-0.1, -0.05) is 142 Å². The van der Waals surface area contributed by atoms with E-state index >= 15 is 0 Å². The number of aryl methyl sites for hydroxylation is 1. The van der Waals surface area contributed by atoms with E-state index in [-0.39, 0.29) is 0 Å². The molecule has 3 aromatic carbocycles. The summed E-state index contributed by atoms with van der Waals surface area (Å²) in [7, 11) is 0. The van der Waals surface area contributed by atoms with Gasteiger partial charge in [-0.3, -0.25) is 0 Å². The zero-order chi connectivity index (χ0) is 26.3. The van der Waals surface area contributed by atoms with Crippen molar-refractivity contribution in [2.24, 2.45) is 0 Å². The van der Waals surface area contributed by atoms with Crippen LogP contribution in [0.15, 0.2) is 115 Å². The first-order valence-electron chi connectivity index (χ1n) is 13.1. The summed E-state index contributed by atoms with van der Waals surface area (Å²) in [6, 6.07) is 24.1. The first kappa shape index (κ1) is 29.1. The number of fused-ring (bicyclic) bond motifs is 3. The summed E-state index contributed by atoms with van der Waals surface area (Å²) in [6.07, 6.45) is 14.3. The minimum absolute atomic E-state index is 1.11. The Balaban J connectivity index is 0.000000237. The van der Waals surface area contributed by atoms with E-state index in [0.29, 0.717) is 0 Å². The number of benzene rings is 3. The molecule has 0 bridgehead atoms. The van der Waals surface area contributed by atoms with E-state index in [1.54, 1.807) is 5.57 Å². The van der Waals surface area contributed by atoms with Crippen LogP contribution in [0.2, 0.25) is 0 Å². The van der Waals surface area contributed by atoms with Crippen molar-refractivity contribution in [3.8, 4) is 11.1 Å². The quantitative estimate of drug-likeness (QED) is 0.247. The number of thiophene rings is 1.